The molecule has 1 unspecified atom stereocenters. The van der Waals surface area contributed by atoms with Crippen molar-refractivity contribution in [1.82, 2.24) is 5.32 Å². The Kier molecular flexibility index (Phi) is 4.25. The molecule has 0 aliphatic heterocycles. The van der Waals surface area contributed by atoms with E-state index in [4.69, 9.17) is 4.74 Å². The Bertz CT molecular complexity index is 388. The highest BCUT2D eigenvalue weighted by molar-refractivity contribution is 5.35. The van der Waals surface area contributed by atoms with Crippen molar-refractivity contribution < 1.29 is 9.84 Å². The SMILES string of the molecule is CCOc1ccccc1C(C)NCC1(CO)CC1. The lowest BCUT2D eigenvalue weighted by Crippen LogP contribution is -2.29. The molecule has 0 amide bonds. The highest BCUT2D eigenvalue weighted by Gasteiger charge is 2.41. The molecule has 1 aromatic rings. The van der Waals surface area contributed by atoms with Crippen LogP contribution in [-0.2, 0) is 0 Å². The molecule has 18 heavy (non-hydrogen) atoms. The third kappa shape index (κ3) is 3.03. The average molecular weight is 249 g/mol. The van der Waals surface area contributed by atoms with E-state index in [1.807, 2.05) is 25.1 Å². The summed E-state index contributed by atoms with van der Waals surface area (Å²) in [7, 11) is 0. The van der Waals surface area contributed by atoms with Crippen LogP contribution in [0.2, 0.25) is 0 Å². The third-order valence-electron chi connectivity index (χ3n) is 3.76. The zero-order chi connectivity index (χ0) is 13.0. The molecule has 3 nitrogen and oxygen atoms in total. The summed E-state index contributed by atoms with van der Waals surface area (Å²) in [5, 5.41) is 12.8. The predicted molar refractivity (Wildman–Crippen MR) is 72.8 cm³/mol. The number of aliphatic hydroxyl groups is 1. The van der Waals surface area contributed by atoms with E-state index in [9.17, 15) is 5.11 Å². The van der Waals surface area contributed by atoms with E-state index >= 15 is 0 Å². The smallest absolute Gasteiger partial charge is 0.124 e. The summed E-state index contributed by atoms with van der Waals surface area (Å²) < 4.78 is 5.64. The lowest BCUT2D eigenvalue weighted by atomic mass is 10.0. The van der Waals surface area contributed by atoms with Gasteiger partial charge in [-0.2, -0.15) is 0 Å². The van der Waals surface area contributed by atoms with Crippen molar-refractivity contribution in [3.05, 3.63) is 29.8 Å². The minimum atomic E-state index is 0.148. The zero-order valence-corrected chi connectivity index (χ0v) is 11.3. The van der Waals surface area contributed by atoms with Crippen LogP contribution in [0.25, 0.3) is 0 Å². The molecule has 0 saturated heterocycles. The molecule has 0 heterocycles. The topological polar surface area (TPSA) is 41.5 Å². The lowest BCUT2D eigenvalue weighted by Gasteiger charge is -2.20. The molecular weight excluding hydrogens is 226 g/mol. The molecule has 3 heteroatoms. The van der Waals surface area contributed by atoms with Crippen molar-refractivity contribution >= 4 is 0 Å². The standard InChI is InChI=1S/C15H23NO2/c1-3-18-14-7-5-4-6-13(14)12(2)16-10-15(11-17)8-9-15/h4-7,12,16-17H,3,8-11H2,1-2H3. The van der Waals surface area contributed by atoms with Crippen LogP contribution in [0.4, 0.5) is 0 Å². The summed E-state index contributed by atoms with van der Waals surface area (Å²) in [6, 6.07) is 8.39. The van der Waals surface area contributed by atoms with Crippen LogP contribution >= 0.6 is 0 Å². The summed E-state index contributed by atoms with van der Waals surface area (Å²) >= 11 is 0. The molecule has 2 N–H and O–H groups in total. The monoisotopic (exact) mass is 249 g/mol. The summed E-state index contributed by atoms with van der Waals surface area (Å²) in [6.45, 7) is 6.00. The fourth-order valence-corrected chi connectivity index (χ4v) is 2.17. The second-order valence-electron chi connectivity index (χ2n) is 5.23. The molecule has 1 aliphatic rings. The van der Waals surface area contributed by atoms with Gasteiger partial charge in [0.05, 0.1) is 6.61 Å². The molecule has 0 radical (unpaired) electrons. The van der Waals surface area contributed by atoms with Gasteiger partial charge in [-0.3, -0.25) is 0 Å². The Morgan fingerprint density at radius 2 is 2.11 bits per heavy atom. The molecule has 0 aromatic heterocycles. The first-order valence-corrected chi connectivity index (χ1v) is 6.77. The van der Waals surface area contributed by atoms with Gasteiger partial charge in [-0.25, -0.2) is 0 Å². The Labute approximate surface area is 109 Å². The van der Waals surface area contributed by atoms with Crippen molar-refractivity contribution in [1.29, 1.82) is 0 Å². The first kappa shape index (κ1) is 13.4. The number of para-hydroxylation sites is 1. The first-order valence-electron chi connectivity index (χ1n) is 6.77. The Morgan fingerprint density at radius 1 is 1.39 bits per heavy atom. The van der Waals surface area contributed by atoms with Crippen molar-refractivity contribution in [2.45, 2.75) is 32.7 Å². The van der Waals surface area contributed by atoms with Crippen LogP contribution in [0, 0.1) is 5.41 Å². The van der Waals surface area contributed by atoms with Gasteiger partial charge in [0.25, 0.3) is 0 Å². The first-order chi connectivity index (χ1) is 8.71. The normalized spacial score (nSPS) is 18.4. The number of nitrogens with one attached hydrogen (secondary N) is 1. The van der Waals surface area contributed by atoms with Crippen molar-refractivity contribution in [2.24, 2.45) is 5.41 Å². The van der Waals surface area contributed by atoms with E-state index in [0.29, 0.717) is 13.2 Å². The minimum absolute atomic E-state index is 0.148. The van der Waals surface area contributed by atoms with Crippen LogP contribution in [0.3, 0.4) is 0 Å². The van der Waals surface area contributed by atoms with E-state index in [-0.39, 0.29) is 11.5 Å². The number of hydrogen-bond donors (Lipinski definition) is 2. The van der Waals surface area contributed by atoms with Gasteiger partial charge in [0.2, 0.25) is 0 Å². The largest absolute Gasteiger partial charge is 0.494 e. The number of benzene rings is 1. The predicted octanol–water partition coefficient (Wildman–Crippen LogP) is 2.51. The second kappa shape index (κ2) is 5.72. The number of aliphatic hydroxyl groups excluding tert-OH is 1. The molecule has 0 bridgehead atoms. The van der Waals surface area contributed by atoms with Gasteiger partial charge in [-0.05, 0) is 32.8 Å². The Balaban J connectivity index is 1.97. The molecule has 0 spiro atoms. The van der Waals surface area contributed by atoms with Crippen LogP contribution in [0.15, 0.2) is 24.3 Å². The van der Waals surface area contributed by atoms with E-state index in [1.165, 1.54) is 5.56 Å². The summed E-state index contributed by atoms with van der Waals surface area (Å²) in [4.78, 5) is 0. The molecule has 100 valence electrons. The maximum Gasteiger partial charge on any atom is 0.124 e. The van der Waals surface area contributed by atoms with Gasteiger partial charge in [0, 0.05) is 30.2 Å². The fourth-order valence-electron chi connectivity index (χ4n) is 2.17. The van der Waals surface area contributed by atoms with Crippen molar-refractivity contribution in [3.63, 3.8) is 0 Å². The van der Waals surface area contributed by atoms with Gasteiger partial charge >= 0.3 is 0 Å². The van der Waals surface area contributed by atoms with Gasteiger partial charge in [-0.1, -0.05) is 18.2 Å². The zero-order valence-electron chi connectivity index (χ0n) is 11.3. The van der Waals surface area contributed by atoms with Crippen molar-refractivity contribution in [2.75, 3.05) is 19.8 Å². The number of ether oxygens (including phenoxy) is 1. The molecule has 2 rings (SSSR count). The van der Waals surface area contributed by atoms with E-state index in [1.54, 1.807) is 0 Å². The molecule has 1 fully saturated rings. The van der Waals surface area contributed by atoms with Gasteiger partial charge in [-0.15, -0.1) is 0 Å². The Hall–Kier alpha value is -1.06. The molecular formula is C15H23NO2. The number of rotatable bonds is 7. The maximum absolute atomic E-state index is 9.31. The number of hydrogen-bond acceptors (Lipinski definition) is 3. The molecule has 1 saturated carbocycles. The van der Waals surface area contributed by atoms with Crippen LogP contribution in [0.1, 0.15) is 38.3 Å². The summed E-state index contributed by atoms with van der Waals surface area (Å²) in [6.07, 6.45) is 2.27. The van der Waals surface area contributed by atoms with E-state index < -0.39 is 0 Å². The van der Waals surface area contributed by atoms with Crippen molar-refractivity contribution in [3.8, 4) is 5.75 Å². The molecule has 1 aromatic carbocycles. The van der Waals surface area contributed by atoms with Crippen LogP contribution in [-0.4, -0.2) is 24.9 Å². The van der Waals surface area contributed by atoms with Gasteiger partial charge < -0.3 is 15.2 Å². The summed E-state index contributed by atoms with van der Waals surface area (Å²) in [5.74, 6) is 0.953. The van der Waals surface area contributed by atoms with E-state index in [2.05, 4.69) is 18.3 Å². The molecule has 1 aliphatic carbocycles. The highest BCUT2D eigenvalue weighted by atomic mass is 16.5. The minimum Gasteiger partial charge on any atom is -0.494 e. The van der Waals surface area contributed by atoms with E-state index in [0.717, 1.165) is 25.1 Å². The van der Waals surface area contributed by atoms with Crippen LogP contribution in [0.5, 0.6) is 5.75 Å². The highest BCUT2D eigenvalue weighted by Crippen LogP contribution is 2.44. The Morgan fingerprint density at radius 3 is 2.72 bits per heavy atom. The maximum atomic E-state index is 9.31. The van der Waals surface area contributed by atoms with Gasteiger partial charge in [0.15, 0.2) is 0 Å². The fraction of sp³-hybridized carbons (Fsp3) is 0.600. The average Bonchev–Trinajstić information content (AvgIpc) is 3.18. The quantitative estimate of drug-likeness (QED) is 0.780. The molecule has 1 atom stereocenters. The third-order valence-corrected chi connectivity index (χ3v) is 3.76. The lowest BCUT2D eigenvalue weighted by molar-refractivity contribution is 0.204. The van der Waals surface area contributed by atoms with Crippen LogP contribution < -0.4 is 10.1 Å². The van der Waals surface area contributed by atoms with Gasteiger partial charge in [0.1, 0.15) is 5.75 Å². The summed E-state index contributed by atoms with van der Waals surface area (Å²) in [5.41, 5.74) is 1.34. The second-order valence-corrected chi connectivity index (χ2v) is 5.23.